The Morgan fingerprint density at radius 3 is 2.70 bits per heavy atom. The zero-order valence-electron chi connectivity index (χ0n) is 14.6. The van der Waals surface area contributed by atoms with Crippen LogP contribution in [0.1, 0.15) is 23.0 Å². The Morgan fingerprint density at radius 2 is 2.04 bits per heavy atom. The van der Waals surface area contributed by atoms with Crippen LogP contribution >= 0.6 is 23.2 Å². The summed E-state index contributed by atoms with van der Waals surface area (Å²) < 4.78 is 1.53. The number of ketones is 1. The number of aliphatic imine (C=N–C) groups is 1. The van der Waals surface area contributed by atoms with E-state index >= 15 is 0 Å². The molecule has 138 valence electrons. The molecule has 8 heteroatoms. The van der Waals surface area contributed by atoms with Gasteiger partial charge in [-0.2, -0.15) is 5.10 Å². The Labute approximate surface area is 166 Å². The second kappa shape index (κ2) is 7.90. The van der Waals surface area contributed by atoms with Crippen molar-refractivity contribution in [2.75, 3.05) is 6.54 Å². The summed E-state index contributed by atoms with van der Waals surface area (Å²) in [4.78, 5) is 20.4. The minimum atomic E-state index is -0.164. The Hall–Kier alpha value is -2.70. The lowest BCUT2D eigenvalue weighted by Crippen LogP contribution is -2.07. The minimum absolute atomic E-state index is 0.0361. The smallest absolute Gasteiger partial charge is 0.185 e. The van der Waals surface area contributed by atoms with E-state index in [2.05, 4.69) is 15.1 Å². The van der Waals surface area contributed by atoms with Crippen LogP contribution < -0.4 is 0 Å². The molecule has 0 bridgehead atoms. The number of halogens is 2. The number of nitrogens with zero attached hydrogens (tertiary/aromatic N) is 4. The van der Waals surface area contributed by atoms with Crippen LogP contribution in [0.2, 0.25) is 10.0 Å². The van der Waals surface area contributed by atoms with E-state index in [0.29, 0.717) is 38.3 Å². The van der Waals surface area contributed by atoms with Gasteiger partial charge in [-0.05, 0) is 31.2 Å². The van der Waals surface area contributed by atoms with Crippen LogP contribution in [0.15, 0.2) is 47.7 Å². The monoisotopic (exact) mass is 402 g/mol. The molecule has 0 aliphatic carbocycles. The van der Waals surface area contributed by atoms with Crippen molar-refractivity contribution in [2.45, 2.75) is 6.92 Å². The molecule has 0 aliphatic rings. The lowest BCUT2D eigenvalue weighted by molar-refractivity contribution is 0.100. The number of aryl methyl sites for hydroxylation is 1. The van der Waals surface area contributed by atoms with E-state index in [0.717, 1.165) is 0 Å². The standard InChI is InChI=1S/C19H16Cl2N4O2/c1-11(23-10-16(26)13-4-3-7-22-9-13)17-19(27)18(25(2)24-17)12-5-6-14(20)15(21)8-12/h3-9,27H,10H2,1-2H3. The highest BCUT2D eigenvalue weighted by Gasteiger charge is 2.19. The first-order valence-electron chi connectivity index (χ1n) is 8.04. The van der Waals surface area contributed by atoms with Crippen LogP contribution in [-0.4, -0.2) is 37.9 Å². The second-order valence-corrected chi connectivity index (χ2v) is 6.68. The third-order valence-electron chi connectivity index (χ3n) is 4.00. The predicted molar refractivity (Wildman–Crippen MR) is 106 cm³/mol. The number of benzene rings is 1. The topological polar surface area (TPSA) is 80.4 Å². The quantitative estimate of drug-likeness (QED) is 0.512. The first-order valence-corrected chi connectivity index (χ1v) is 8.80. The van der Waals surface area contributed by atoms with Gasteiger partial charge >= 0.3 is 0 Å². The first-order chi connectivity index (χ1) is 12.9. The highest BCUT2D eigenvalue weighted by molar-refractivity contribution is 6.42. The van der Waals surface area contributed by atoms with E-state index < -0.39 is 0 Å². The lowest BCUT2D eigenvalue weighted by Gasteiger charge is -2.04. The Balaban J connectivity index is 1.89. The largest absolute Gasteiger partial charge is 0.504 e. The molecule has 27 heavy (non-hydrogen) atoms. The maximum absolute atomic E-state index is 12.2. The number of carbonyl (C=O) groups excluding carboxylic acids is 1. The van der Waals surface area contributed by atoms with Crippen molar-refractivity contribution in [1.29, 1.82) is 0 Å². The summed E-state index contributed by atoms with van der Waals surface area (Å²) in [7, 11) is 1.70. The van der Waals surface area contributed by atoms with Crippen LogP contribution in [0.4, 0.5) is 0 Å². The van der Waals surface area contributed by atoms with E-state index in [1.54, 1.807) is 50.5 Å². The highest BCUT2D eigenvalue weighted by Crippen LogP contribution is 2.35. The van der Waals surface area contributed by atoms with Gasteiger partial charge in [-0.15, -0.1) is 0 Å². The molecule has 0 saturated heterocycles. The molecule has 2 aromatic heterocycles. The summed E-state index contributed by atoms with van der Waals surface area (Å²) in [6, 6.07) is 8.42. The van der Waals surface area contributed by atoms with Gasteiger partial charge in [0.05, 0.1) is 15.8 Å². The SMILES string of the molecule is CC(=NCC(=O)c1cccnc1)c1nn(C)c(-c2ccc(Cl)c(Cl)c2)c1O. The van der Waals surface area contributed by atoms with Crippen LogP contribution in [0.3, 0.4) is 0 Å². The molecule has 0 amide bonds. The van der Waals surface area contributed by atoms with Crippen LogP contribution in [0, 0.1) is 0 Å². The molecule has 0 atom stereocenters. The van der Waals surface area contributed by atoms with Crippen LogP contribution in [0.25, 0.3) is 11.3 Å². The molecular weight excluding hydrogens is 387 g/mol. The van der Waals surface area contributed by atoms with Gasteiger partial charge in [0.2, 0.25) is 0 Å². The normalized spacial score (nSPS) is 11.6. The maximum Gasteiger partial charge on any atom is 0.185 e. The molecule has 6 nitrogen and oxygen atoms in total. The molecule has 0 saturated carbocycles. The molecule has 0 fully saturated rings. The molecule has 1 N–H and O–H groups in total. The van der Waals surface area contributed by atoms with E-state index in [4.69, 9.17) is 23.2 Å². The fourth-order valence-electron chi connectivity index (χ4n) is 2.61. The summed E-state index contributed by atoms with van der Waals surface area (Å²) in [5.74, 6) is -0.200. The van der Waals surface area contributed by atoms with Gasteiger partial charge in [0.15, 0.2) is 11.5 Å². The maximum atomic E-state index is 12.2. The van der Waals surface area contributed by atoms with Crippen molar-refractivity contribution in [3.63, 3.8) is 0 Å². The Morgan fingerprint density at radius 1 is 1.26 bits per heavy atom. The molecule has 3 aromatic rings. The highest BCUT2D eigenvalue weighted by atomic mass is 35.5. The molecule has 0 aliphatic heterocycles. The average Bonchev–Trinajstić information content (AvgIpc) is 2.97. The Kier molecular flexibility index (Phi) is 5.58. The summed E-state index contributed by atoms with van der Waals surface area (Å²) in [6.45, 7) is 1.63. The van der Waals surface area contributed by atoms with Crippen LogP contribution in [0.5, 0.6) is 5.75 Å². The molecule has 1 aromatic carbocycles. The van der Waals surface area contributed by atoms with Crippen molar-refractivity contribution in [1.82, 2.24) is 14.8 Å². The number of rotatable bonds is 5. The molecule has 3 rings (SSSR count). The van der Waals surface area contributed by atoms with Crippen molar-refractivity contribution >= 4 is 34.7 Å². The van der Waals surface area contributed by atoms with Crippen LogP contribution in [-0.2, 0) is 7.05 Å². The van der Waals surface area contributed by atoms with Crippen molar-refractivity contribution in [3.05, 3.63) is 64.0 Å². The van der Waals surface area contributed by atoms with Gasteiger partial charge in [0.25, 0.3) is 0 Å². The molecule has 2 heterocycles. The minimum Gasteiger partial charge on any atom is -0.504 e. The number of hydrogen-bond acceptors (Lipinski definition) is 5. The lowest BCUT2D eigenvalue weighted by atomic mass is 10.1. The van der Waals surface area contributed by atoms with E-state index in [-0.39, 0.29) is 18.1 Å². The molecule has 0 unspecified atom stereocenters. The van der Waals surface area contributed by atoms with E-state index in [9.17, 15) is 9.90 Å². The number of Topliss-reactive ketones (excluding diaryl/α,β-unsaturated/α-hetero) is 1. The number of carbonyl (C=O) groups is 1. The molecule has 0 radical (unpaired) electrons. The van der Waals surface area contributed by atoms with E-state index in [1.807, 2.05) is 0 Å². The summed E-state index contributed by atoms with van der Waals surface area (Å²) in [5, 5.41) is 15.8. The summed E-state index contributed by atoms with van der Waals surface area (Å²) >= 11 is 12.0. The number of hydrogen-bond donors (Lipinski definition) is 1. The van der Waals surface area contributed by atoms with Gasteiger partial charge in [-0.3, -0.25) is 19.5 Å². The van der Waals surface area contributed by atoms with E-state index in [1.165, 1.54) is 10.9 Å². The summed E-state index contributed by atoms with van der Waals surface area (Å²) in [5.41, 5.74) is 2.39. The third-order valence-corrected chi connectivity index (χ3v) is 4.74. The Bertz CT molecular complexity index is 1030. The van der Waals surface area contributed by atoms with Gasteiger partial charge in [0, 0.05) is 30.6 Å². The van der Waals surface area contributed by atoms with Gasteiger partial charge in [0.1, 0.15) is 17.9 Å². The number of aromatic hydroxyl groups is 1. The number of aromatic nitrogens is 3. The van der Waals surface area contributed by atoms with Crippen molar-refractivity contribution < 1.29 is 9.90 Å². The first kappa shape index (κ1) is 19.1. The zero-order valence-corrected chi connectivity index (χ0v) is 16.2. The van der Waals surface area contributed by atoms with Gasteiger partial charge in [-0.1, -0.05) is 29.3 Å². The fraction of sp³-hybridized carbons (Fsp3) is 0.158. The summed E-state index contributed by atoms with van der Waals surface area (Å²) in [6.07, 6.45) is 3.09. The van der Waals surface area contributed by atoms with Crippen molar-refractivity contribution in [3.8, 4) is 17.0 Å². The zero-order chi connectivity index (χ0) is 19.6. The molecular formula is C19H16Cl2N4O2. The van der Waals surface area contributed by atoms with Crippen molar-refractivity contribution in [2.24, 2.45) is 12.0 Å². The molecule has 0 spiro atoms. The predicted octanol–water partition coefficient (Wildman–Crippen LogP) is 4.19. The van der Waals surface area contributed by atoms with Gasteiger partial charge in [-0.25, -0.2) is 0 Å². The second-order valence-electron chi connectivity index (χ2n) is 5.86. The third kappa shape index (κ3) is 4.02. The average molecular weight is 403 g/mol. The van der Waals surface area contributed by atoms with Gasteiger partial charge < -0.3 is 5.11 Å². The fourth-order valence-corrected chi connectivity index (χ4v) is 2.91. The number of pyridine rings is 1.